The van der Waals surface area contributed by atoms with E-state index in [4.69, 9.17) is 4.42 Å². The smallest absolute Gasteiger partial charge is 0.349 e. The zero-order valence-electron chi connectivity index (χ0n) is 16.8. The maximum atomic E-state index is 12.5. The maximum absolute atomic E-state index is 12.5. The van der Waals surface area contributed by atoms with E-state index in [0.29, 0.717) is 30.7 Å². The number of benzene rings is 1. The first kappa shape index (κ1) is 20.0. The van der Waals surface area contributed by atoms with Crippen LogP contribution in [0.3, 0.4) is 0 Å². The first-order valence-corrected chi connectivity index (χ1v) is 10.6. The molecule has 0 saturated carbocycles. The van der Waals surface area contributed by atoms with Gasteiger partial charge in [0.2, 0.25) is 4.96 Å². The lowest BCUT2D eigenvalue weighted by Gasteiger charge is -2.08. The van der Waals surface area contributed by atoms with Gasteiger partial charge in [-0.3, -0.25) is 4.79 Å². The number of amides is 1. The fourth-order valence-corrected chi connectivity index (χ4v) is 4.08. The Morgan fingerprint density at radius 2 is 1.97 bits per heavy atom. The minimum Gasteiger partial charge on any atom is -0.427 e. The van der Waals surface area contributed by atoms with Crippen molar-refractivity contribution in [3.8, 4) is 0 Å². The van der Waals surface area contributed by atoms with Gasteiger partial charge in [0.1, 0.15) is 16.3 Å². The van der Waals surface area contributed by atoms with Crippen LogP contribution in [-0.4, -0.2) is 27.0 Å². The van der Waals surface area contributed by atoms with E-state index in [2.05, 4.69) is 15.4 Å². The molecule has 30 heavy (non-hydrogen) atoms. The van der Waals surface area contributed by atoms with Gasteiger partial charge in [0.25, 0.3) is 5.91 Å². The molecule has 0 saturated heterocycles. The Kier molecular flexibility index (Phi) is 5.76. The molecule has 4 aromatic rings. The van der Waals surface area contributed by atoms with Crippen molar-refractivity contribution < 1.29 is 9.21 Å². The molecule has 0 aliphatic carbocycles. The van der Waals surface area contributed by atoms with Gasteiger partial charge in [0.15, 0.2) is 0 Å². The number of fused-ring (bicyclic) bond motifs is 1. The van der Waals surface area contributed by atoms with E-state index < -0.39 is 11.5 Å². The second-order valence-corrected chi connectivity index (χ2v) is 8.29. The van der Waals surface area contributed by atoms with Crippen LogP contribution in [0.15, 0.2) is 51.8 Å². The van der Waals surface area contributed by atoms with Crippen LogP contribution < -0.4 is 10.9 Å². The molecule has 0 radical (unpaired) electrons. The lowest BCUT2D eigenvalue weighted by molar-refractivity contribution is 0.0949. The summed E-state index contributed by atoms with van der Waals surface area (Å²) >= 11 is 1.52. The van der Waals surface area contributed by atoms with Gasteiger partial charge in [-0.05, 0) is 37.5 Å². The number of aromatic nitrogens is 3. The zero-order chi connectivity index (χ0) is 21.1. The Labute approximate surface area is 177 Å². The third kappa shape index (κ3) is 4.49. The lowest BCUT2D eigenvalue weighted by atomic mass is 10.1. The van der Waals surface area contributed by atoms with Crippen LogP contribution >= 0.6 is 11.3 Å². The molecule has 0 spiro atoms. The fraction of sp³-hybridized carbons (Fsp3) is 0.273. The maximum Gasteiger partial charge on any atom is 0.349 e. The quantitative estimate of drug-likeness (QED) is 0.494. The van der Waals surface area contributed by atoms with Gasteiger partial charge >= 0.3 is 5.63 Å². The predicted molar refractivity (Wildman–Crippen MR) is 115 cm³/mol. The van der Waals surface area contributed by atoms with Gasteiger partial charge in [0.05, 0.1) is 11.9 Å². The van der Waals surface area contributed by atoms with Crippen molar-refractivity contribution in [1.82, 2.24) is 19.9 Å². The second-order valence-electron chi connectivity index (χ2n) is 7.13. The van der Waals surface area contributed by atoms with Crippen molar-refractivity contribution >= 4 is 22.2 Å². The average Bonchev–Trinajstić information content (AvgIpc) is 3.23. The van der Waals surface area contributed by atoms with Gasteiger partial charge in [-0.1, -0.05) is 41.7 Å². The van der Waals surface area contributed by atoms with E-state index in [1.54, 1.807) is 17.5 Å². The van der Waals surface area contributed by atoms with E-state index in [9.17, 15) is 9.59 Å². The van der Waals surface area contributed by atoms with Crippen LogP contribution in [0.4, 0.5) is 0 Å². The molecule has 0 aliphatic heterocycles. The number of rotatable bonds is 7. The molecule has 3 aromatic heterocycles. The molecule has 0 atom stereocenters. The third-order valence-corrected chi connectivity index (χ3v) is 5.63. The van der Waals surface area contributed by atoms with Gasteiger partial charge in [-0.2, -0.15) is 5.10 Å². The van der Waals surface area contributed by atoms with Crippen molar-refractivity contribution in [3.05, 3.63) is 86.2 Å². The summed E-state index contributed by atoms with van der Waals surface area (Å²) in [4.78, 5) is 30.3. The summed E-state index contributed by atoms with van der Waals surface area (Å²) in [6, 6.07) is 11.8. The largest absolute Gasteiger partial charge is 0.427 e. The topological polar surface area (TPSA) is 89.5 Å². The number of aryl methyl sites for hydroxylation is 4. The van der Waals surface area contributed by atoms with Crippen LogP contribution in [0.5, 0.6) is 0 Å². The molecule has 0 aliphatic rings. The van der Waals surface area contributed by atoms with E-state index >= 15 is 0 Å². The highest BCUT2D eigenvalue weighted by Crippen LogP contribution is 2.14. The molecule has 1 N–H and O–H groups in total. The van der Waals surface area contributed by atoms with Crippen LogP contribution in [0, 0.1) is 13.8 Å². The first-order chi connectivity index (χ1) is 14.5. The molecule has 8 heteroatoms. The molecule has 0 fully saturated rings. The highest BCUT2D eigenvalue weighted by atomic mass is 32.1. The van der Waals surface area contributed by atoms with Crippen molar-refractivity contribution in [2.24, 2.45) is 0 Å². The molecule has 1 aromatic carbocycles. The summed E-state index contributed by atoms with van der Waals surface area (Å²) in [6.07, 6.45) is 3.78. The molecule has 7 nitrogen and oxygen atoms in total. The minimum atomic E-state index is -0.599. The highest BCUT2D eigenvalue weighted by Gasteiger charge is 2.17. The fourth-order valence-electron chi connectivity index (χ4n) is 3.34. The number of carbonyl (C=O) groups is 1. The SMILES string of the molecule is Cc1nn2cc(CCNC(=O)c3c(C)cc(CCc4ccccc4)oc3=O)nc2s1. The van der Waals surface area contributed by atoms with E-state index in [1.165, 1.54) is 16.9 Å². The molecule has 3 heterocycles. The Morgan fingerprint density at radius 3 is 2.70 bits per heavy atom. The lowest BCUT2D eigenvalue weighted by Crippen LogP contribution is -2.31. The van der Waals surface area contributed by atoms with Crippen LogP contribution in [0.2, 0.25) is 0 Å². The van der Waals surface area contributed by atoms with Gasteiger partial charge in [0, 0.05) is 19.4 Å². The third-order valence-electron chi connectivity index (χ3n) is 4.79. The van der Waals surface area contributed by atoms with E-state index in [-0.39, 0.29) is 5.56 Å². The van der Waals surface area contributed by atoms with Gasteiger partial charge < -0.3 is 9.73 Å². The average molecular weight is 423 g/mol. The Hall–Kier alpha value is -3.26. The van der Waals surface area contributed by atoms with Crippen molar-refractivity contribution in [3.63, 3.8) is 0 Å². The van der Waals surface area contributed by atoms with Crippen molar-refractivity contribution in [1.29, 1.82) is 0 Å². The highest BCUT2D eigenvalue weighted by molar-refractivity contribution is 7.16. The van der Waals surface area contributed by atoms with E-state index in [0.717, 1.165) is 22.1 Å². The molecular formula is C22H22N4O3S. The number of nitrogens with zero attached hydrogens (tertiary/aromatic N) is 3. The molecule has 0 unspecified atom stereocenters. The summed E-state index contributed by atoms with van der Waals surface area (Å²) in [5.74, 6) is 0.157. The monoisotopic (exact) mass is 422 g/mol. The van der Waals surface area contributed by atoms with Crippen LogP contribution in [-0.2, 0) is 19.3 Å². The second kappa shape index (κ2) is 8.62. The van der Waals surface area contributed by atoms with Gasteiger partial charge in [-0.15, -0.1) is 0 Å². The molecule has 1 amide bonds. The van der Waals surface area contributed by atoms with Crippen LogP contribution in [0.25, 0.3) is 4.96 Å². The number of nitrogens with one attached hydrogen (secondary N) is 1. The Bertz CT molecular complexity index is 1210. The van der Waals surface area contributed by atoms with Crippen molar-refractivity contribution in [2.75, 3.05) is 6.54 Å². The van der Waals surface area contributed by atoms with Crippen LogP contribution in [0.1, 0.15) is 37.9 Å². The molecule has 0 bridgehead atoms. The molecule has 154 valence electrons. The standard InChI is InChI=1S/C22H22N4O3S/c1-14-12-18(9-8-16-6-4-3-5-7-16)29-21(28)19(14)20(27)23-11-10-17-13-26-22(24-17)30-15(2)25-26/h3-7,12-13H,8-11H2,1-2H3,(H,23,27). The van der Waals surface area contributed by atoms with Crippen molar-refractivity contribution in [2.45, 2.75) is 33.1 Å². The number of hydrogen-bond acceptors (Lipinski definition) is 6. The van der Waals surface area contributed by atoms with Gasteiger partial charge in [-0.25, -0.2) is 14.3 Å². The Morgan fingerprint density at radius 1 is 1.17 bits per heavy atom. The zero-order valence-corrected chi connectivity index (χ0v) is 17.7. The normalized spacial score (nSPS) is 11.1. The molecule has 4 rings (SSSR count). The summed E-state index contributed by atoms with van der Waals surface area (Å²) in [5.41, 5.74) is 2.09. The summed E-state index contributed by atoms with van der Waals surface area (Å²) in [6.45, 7) is 4.06. The summed E-state index contributed by atoms with van der Waals surface area (Å²) in [7, 11) is 0. The number of hydrogen-bond donors (Lipinski definition) is 1. The summed E-state index contributed by atoms with van der Waals surface area (Å²) in [5, 5.41) is 8.06. The first-order valence-electron chi connectivity index (χ1n) is 9.77. The number of carbonyl (C=O) groups excluding carboxylic acids is 1. The summed E-state index contributed by atoms with van der Waals surface area (Å²) < 4.78 is 7.14. The van der Waals surface area contributed by atoms with E-state index in [1.807, 2.05) is 43.5 Å². The number of imidazole rings is 1. The molecular weight excluding hydrogens is 400 g/mol. The predicted octanol–water partition coefficient (Wildman–Crippen LogP) is 3.12. The Balaban J connectivity index is 1.36. The minimum absolute atomic E-state index is 0.0570.